The van der Waals surface area contributed by atoms with Crippen LogP contribution in [0.25, 0.3) is 6.08 Å². The van der Waals surface area contributed by atoms with E-state index < -0.39 is 5.91 Å². The number of hydrogen-bond acceptors (Lipinski definition) is 4. The van der Waals surface area contributed by atoms with Crippen molar-refractivity contribution >= 4 is 62.9 Å². The minimum atomic E-state index is -0.516. The maximum Gasteiger partial charge on any atom is 0.266 e. The highest BCUT2D eigenvalue weighted by Crippen LogP contribution is 2.25. The fraction of sp³-hybridized carbons (Fsp3) is 0.0435. The summed E-state index contributed by atoms with van der Waals surface area (Å²) in [6, 6.07) is 21.6. The van der Waals surface area contributed by atoms with Crippen molar-refractivity contribution in [3.63, 3.8) is 0 Å². The molecule has 0 atom stereocenters. The standard InChI is InChI=1S/C23H16I2N2O3/c24-18-4-1-15(2-5-18)14-30-22-10-3-16(12-21(22)25)11-17(13-26)23(29)27-19-6-8-20(28)9-7-19/h1-12,28H,14H2,(H,27,29)/b17-11+. The molecule has 3 aromatic rings. The number of carbonyl (C=O) groups excluding carboxylic acids is 1. The number of carbonyl (C=O) groups is 1. The second-order valence-corrected chi connectivity index (χ2v) is 8.68. The van der Waals surface area contributed by atoms with Crippen LogP contribution < -0.4 is 10.1 Å². The number of phenols is 1. The minimum Gasteiger partial charge on any atom is -0.508 e. The number of nitrogens with zero attached hydrogens (tertiary/aromatic N) is 1. The van der Waals surface area contributed by atoms with Gasteiger partial charge in [0.05, 0.1) is 3.57 Å². The number of rotatable bonds is 6. The predicted octanol–water partition coefficient (Wildman–Crippen LogP) is 5.73. The third-order valence-electron chi connectivity index (χ3n) is 4.06. The van der Waals surface area contributed by atoms with Crippen LogP contribution in [-0.2, 0) is 11.4 Å². The zero-order chi connectivity index (χ0) is 21.5. The second-order valence-electron chi connectivity index (χ2n) is 6.28. The highest BCUT2D eigenvalue weighted by atomic mass is 127. The van der Waals surface area contributed by atoms with Gasteiger partial charge in [0.25, 0.3) is 5.91 Å². The first-order valence-corrected chi connectivity index (χ1v) is 11.0. The number of halogens is 2. The summed E-state index contributed by atoms with van der Waals surface area (Å²) in [5, 5.41) is 21.3. The summed E-state index contributed by atoms with van der Waals surface area (Å²) in [5.41, 5.74) is 2.27. The number of hydrogen-bond donors (Lipinski definition) is 2. The Morgan fingerprint density at radius 1 is 1.07 bits per heavy atom. The smallest absolute Gasteiger partial charge is 0.266 e. The Kier molecular flexibility index (Phi) is 7.70. The van der Waals surface area contributed by atoms with E-state index in [2.05, 4.69) is 50.5 Å². The van der Waals surface area contributed by atoms with E-state index in [0.29, 0.717) is 12.3 Å². The van der Waals surface area contributed by atoms with Crippen molar-refractivity contribution in [1.82, 2.24) is 0 Å². The third-order valence-corrected chi connectivity index (χ3v) is 5.63. The molecule has 0 spiro atoms. The van der Waals surface area contributed by atoms with Gasteiger partial charge >= 0.3 is 0 Å². The van der Waals surface area contributed by atoms with Gasteiger partial charge < -0.3 is 15.2 Å². The van der Waals surface area contributed by atoms with Gasteiger partial charge in [-0.05, 0) is 111 Å². The first kappa shape index (κ1) is 22.1. The number of anilines is 1. The molecule has 3 aromatic carbocycles. The number of aromatic hydroxyl groups is 1. The van der Waals surface area contributed by atoms with Gasteiger partial charge in [-0.2, -0.15) is 5.26 Å². The average molecular weight is 622 g/mol. The highest BCUT2D eigenvalue weighted by Gasteiger charge is 2.11. The van der Waals surface area contributed by atoms with Gasteiger partial charge in [-0.15, -0.1) is 0 Å². The van der Waals surface area contributed by atoms with Crippen molar-refractivity contribution in [2.24, 2.45) is 0 Å². The lowest BCUT2D eigenvalue weighted by Gasteiger charge is -2.09. The van der Waals surface area contributed by atoms with Crippen LogP contribution in [0.4, 0.5) is 5.69 Å². The summed E-state index contributed by atoms with van der Waals surface area (Å²) >= 11 is 4.43. The van der Waals surface area contributed by atoms with Crippen LogP contribution in [0.1, 0.15) is 11.1 Å². The topological polar surface area (TPSA) is 82.3 Å². The molecule has 0 aliphatic carbocycles. The predicted molar refractivity (Wildman–Crippen MR) is 133 cm³/mol. The molecule has 0 aliphatic rings. The summed E-state index contributed by atoms with van der Waals surface area (Å²) in [4.78, 5) is 12.4. The molecule has 0 aliphatic heterocycles. The molecule has 0 radical (unpaired) electrons. The van der Waals surface area contributed by atoms with E-state index in [1.165, 1.54) is 21.8 Å². The Bertz CT molecular complexity index is 1120. The number of amides is 1. The molecule has 5 nitrogen and oxygen atoms in total. The summed E-state index contributed by atoms with van der Waals surface area (Å²) in [7, 11) is 0. The van der Waals surface area contributed by atoms with Crippen molar-refractivity contribution in [3.8, 4) is 17.6 Å². The lowest BCUT2D eigenvalue weighted by Crippen LogP contribution is -2.13. The van der Waals surface area contributed by atoms with Crippen LogP contribution >= 0.6 is 45.2 Å². The molecule has 2 N–H and O–H groups in total. The highest BCUT2D eigenvalue weighted by molar-refractivity contribution is 14.1. The molecule has 7 heteroatoms. The molecule has 0 saturated heterocycles. The van der Waals surface area contributed by atoms with Crippen LogP contribution in [0, 0.1) is 18.5 Å². The first-order chi connectivity index (χ1) is 14.4. The van der Waals surface area contributed by atoms with Crippen molar-refractivity contribution in [2.75, 3.05) is 5.32 Å². The summed E-state index contributed by atoms with van der Waals surface area (Å²) in [5.74, 6) is 0.318. The minimum absolute atomic E-state index is 0.0218. The Balaban J connectivity index is 1.69. The molecular formula is C23H16I2N2O3. The monoisotopic (exact) mass is 622 g/mol. The van der Waals surface area contributed by atoms with E-state index in [1.54, 1.807) is 18.2 Å². The lowest BCUT2D eigenvalue weighted by atomic mass is 10.1. The number of ether oxygens (including phenoxy) is 1. The van der Waals surface area contributed by atoms with Gasteiger partial charge in [0.2, 0.25) is 0 Å². The van der Waals surface area contributed by atoms with Gasteiger partial charge in [-0.3, -0.25) is 4.79 Å². The molecule has 0 saturated carbocycles. The van der Waals surface area contributed by atoms with Gasteiger partial charge in [-0.1, -0.05) is 18.2 Å². The molecular weight excluding hydrogens is 606 g/mol. The van der Waals surface area contributed by atoms with E-state index in [0.717, 1.165) is 20.4 Å². The fourth-order valence-corrected chi connectivity index (χ4v) is 3.58. The number of nitrogens with one attached hydrogen (secondary N) is 1. The van der Waals surface area contributed by atoms with E-state index in [9.17, 15) is 15.2 Å². The van der Waals surface area contributed by atoms with E-state index >= 15 is 0 Å². The summed E-state index contributed by atoms with van der Waals surface area (Å²) in [6.45, 7) is 0.459. The Morgan fingerprint density at radius 2 is 1.77 bits per heavy atom. The Labute approximate surface area is 201 Å². The van der Waals surface area contributed by atoms with Gasteiger partial charge in [0.1, 0.15) is 29.7 Å². The molecule has 30 heavy (non-hydrogen) atoms. The molecule has 3 rings (SSSR count). The van der Waals surface area contributed by atoms with Gasteiger partial charge in [0.15, 0.2) is 0 Å². The first-order valence-electron chi connectivity index (χ1n) is 8.83. The number of nitriles is 1. The Hall–Kier alpha value is -2.58. The van der Waals surface area contributed by atoms with Crippen molar-refractivity contribution in [1.29, 1.82) is 5.26 Å². The fourth-order valence-electron chi connectivity index (χ4n) is 2.52. The van der Waals surface area contributed by atoms with E-state index in [1.807, 2.05) is 42.5 Å². The molecule has 1 amide bonds. The van der Waals surface area contributed by atoms with Crippen LogP contribution in [0.15, 0.2) is 72.3 Å². The van der Waals surface area contributed by atoms with Gasteiger partial charge in [0, 0.05) is 9.26 Å². The van der Waals surface area contributed by atoms with Crippen molar-refractivity contribution in [3.05, 3.63) is 90.6 Å². The lowest BCUT2D eigenvalue weighted by molar-refractivity contribution is -0.112. The van der Waals surface area contributed by atoms with Crippen LogP contribution in [0.2, 0.25) is 0 Å². The maximum atomic E-state index is 12.4. The quantitative estimate of drug-likeness (QED) is 0.160. The summed E-state index contributed by atoms with van der Waals surface area (Å²) < 4.78 is 7.94. The normalized spacial score (nSPS) is 10.9. The number of benzene rings is 3. The molecule has 0 bridgehead atoms. The van der Waals surface area contributed by atoms with E-state index in [4.69, 9.17) is 4.74 Å². The Morgan fingerprint density at radius 3 is 2.40 bits per heavy atom. The molecule has 0 unspecified atom stereocenters. The zero-order valence-electron chi connectivity index (χ0n) is 15.6. The maximum absolute atomic E-state index is 12.4. The zero-order valence-corrected chi connectivity index (χ0v) is 19.9. The van der Waals surface area contributed by atoms with Crippen molar-refractivity contribution < 1.29 is 14.6 Å². The molecule has 0 aromatic heterocycles. The van der Waals surface area contributed by atoms with Crippen LogP contribution in [0.3, 0.4) is 0 Å². The average Bonchev–Trinajstić information content (AvgIpc) is 2.74. The SMILES string of the molecule is N#C/C(=C\c1ccc(OCc2ccc(I)cc2)c(I)c1)C(=O)Nc1ccc(O)cc1. The summed E-state index contributed by atoms with van der Waals surface area (Å²) in [6.07, 6.45) is 1.53. The van der Waals surface area contributed by atoms with Crippen LogP contribution in [0.5, 0.6) is 11.5 Å². The van der Waals surface area contributed by atoms with Crippen LogP contribution in [-0.4, -0.2) is 11.0 Å². The van der Waals surface area contributed by atoms with Gasteiger partial charge in [-0.25, -0.2) is 0 Å². The molecule has 150 valence electrons. The van der Waals surface area contributed by atoms with E-state index in [-0.39, 0.29) is 11.3 Å². The van der Waals surface area contributed by atoms with Crippen molar-refractivity contribution in [2.45, 2.75) is 6.61 Å². The molecule has 0 heterocycles. The molecule has 0 fully saturated rings. The second kappa shape index (κ2) is 10.4. The third kappa shape index (κ3) is 6.21. The largest absolute Gasteiger partial charge is 0.508 e. The number of phenolic OH excluding ortho intramolecular Hbond substituents is 1.